The minimum Gasteiger partial charge on any atom is -0.458 e. The van der Waals surface area contributed by atoms with Gasteiger partial charge in [-0.05, 0) is 30.4 Å². The number of benzene rings is 1. The van der Waals surface area contributed by atoms with Crippen LogP contribution < -0.4 is 5.73 Å². The largest absolute Gasteiger partial charge is 0.458 e. The van der Waals surface area contributed by atoms with Crippen molar-refractivity contribution in [2.24, 2.45) is 0 Å². The third-order valence-corrected chi connectivity index (χ3v) is 3.46. The lowest BCUT2D eigenvalue weighted by Gasteiger charge is -2.19. The molecule has 6 heteroatoms. The highest BCUT2D eigenvalue weighted by molar-refractivity contribution is 5.91. The number of carbonyl (C=O) groups is 1. The number of carbonyl (C=O) groups excluding carboxylic acids is 1. The van der Waals surface area contributed by atoms with Gasteiger partial charge < -0.3 is 10.5 Å². The SMILES string of the molecule is CC(C)OC(=O)c1nnn(Cc2ccc(C(C)(C)C)cc2)c1N. The topological polar surface area (TPSA) is 83.0 Å². The number of ether oxygens (including phenoxy) is 1. The van der Waals surface area contributed by atoms with Gasteiger partial charge in [-0.15, -0.1) is 5.10 Å². The lowest BCUT2D eigenvalue weighted by molar-refractivity contribution is 0.0372. The predicted octanol–water partition coefficient (Wildman–Crippen LogP) is 2.77. The second-order valence-corrected chi connectivity index (χ2v) is 6.88. The van der Waals surface area contributed by atoms with Crippen LogP contribution in [0.25, 0.3) is 0 Å². The van der Waals surface area contributed by atoms with E-state index in [9.17, 15) is 4.79 Å². The van der Waals surface area contributed by atoms with Crippen molar-refractivity contribution in [3.63, 3.8) is 0 Å². The molecule has 0 fully saturated rings. The van der Waals surface area contributed by atoms with Gasteiger partial charge in [0.25, 0.3) is 0 Å². The van der Waals surface area contributed by atoms with Crippen molar-refractivity contribution < 1.29 is 9.53 Å². The lowest BCUT2D eigenvalue weighted by Crippen LogP contribution is -2.14. The number of esters is 1. The summed E-state index contributed by atoms with van der Waals surface area (Å²) < 4.78 is 6.60. The first kappa shape index (κ1) is 17.0. The molecule has 0 saturated heterocycles. The van der Waals surface area contributed by atoms with Crippen LogP contribution >= 0.6 is 0 Å². The van der Waals surface area contributed by atoms with Crippen LogP contribution in [0.2, 0.25) is 0 Å². The summed E-state index contributed by atoms with van der Waals surface area (Å²) in [7, 11) is 0. The summed E-state index contributed by atoms with van der Waals surface area (Å²) in [6.45, 7) is 10.5. The summed E-state index contributed by atoms with van der Waals surface area (Å²) in [5.74, 6) is -0.331. The molecule has 0 aliphatic rings. The summed E-state index contributed by atoms with van der Waals surface area (Å²) >= 11 is 0. The molecule has 0 aliphatic heterocycles. The van der Waals surface area contributed by atoms with Crippen LogP contribution in [-0.4, -0.2) is 27.1 Å². The van der Waals surface area contributed by atoms with Crippen molar-refractivity contribution in [1.82, 2.24) is 15.0 Å². The average molecular weight is 316 g/mol. The second kappa shape index (κ2) is 6.40. The van der Waals surface area contributed by atoms with Gasteiger partial charge in [0.1, 0.15) is 0 Å². The van der Waals surface area contributed by atoms with Crippen molar-refractivity contribution in [3.8, 4) is 0 Å². The van der Waals surface area contributed by atoms with Gasteiger partial charge in [-0.1, -0.05) is 50.3 Å². The van der Waals surface area contributed by atoms with Crippen LogP contribution in [0.3, 0.4) is 0 Å². The zero-order chi connectivity index (χ0) is 17.2. The fourth-order valence-corrected chi connectivity index (χ4v) is 2.14. The molecule has 1 aromatic heterocycles. The molecule has 0 amide bonds. The fourth-order valence-electron chi connectivity index (χ4n) is 2.14. The van der Waals surface area contributed by atoms with E-state index in [-0.39, 0.29) is 23.0 Å². The Labute approximate surface area is 136 Å². The number of hydrogen-bond donors (Lipinski definition) is 1. The highest BCUT2D eigenvalue weighted by Crippen LogP contribution is 2.22. The van der Waals surface area contributed by atoms with Crippen molar-refractivity contribution in [3.05, 3.63) is 41.1 Å². The van der Waals surface area contributed by atoms with Crippen LogP contribution in [0.4, 0.5) is 5.82 Å². The Balaban J connectivity index is 2.15. The second-order valence-electron chi connectivity index (χ2n) is 6.88. The van der Waals surface area contributed by atoms with Crippen LogP contribution in [0.15, 0.2) is 24.3 Å². The van der Waals surface area contributed by atoms with Crippen LogP contribution in [0.1, 0.15) is 56.2 Å². The van der Waals surface area contributed by atoms with E-state index in [1.807, 2.05) is 12.1 Å². The van der Waals surface area contributed by atoms with E-state index in [1.54, 1.807) is 13.8 Å². The van der Waals surface area contributed by atoms with Crippen LogP contribution in [-0.2, 0) is 16.7 Å². The lowest BCUT2D eigenvalue weighted by atomic mass is 9.87. The monoisotopic (exact) mass is 316 g/mol. The van der Waals surface area contributed by atoms with Gasteiger partial charge >= 0.3 is 5.97 Å². The summed E-state index contributed by atoms with van der Waals surface area (Å²) in [5, 5.41) is 7.79. The first-order valence-corrected chi connectivity index (χ1v) is 7.68. The zero-order valence-electron chi connectivity index (χ0n) is 14.3. The van der Waals surface area contributed by atoms with Crippen molar-refractivity contribution in [2.75, 3.05) is 5.73 Å². The molecule has 0 radical (unpaired) electrons. The summed E-state index contributed by atoms with van der Waals surface area (Å²) in [6.07, 6.45) is -0.225. The number of anilines is 1. The van der Waals surface area contributed by atoms with Gasteiger partial charge in [0.15, 0.2) is 5.82 Å². The van der Waals surface area contributed by atoms with Crippen molar-refractivity contribution >= 4 is 11.8 Å². The van der Waals surface area contributed by atoms with E-state index in [0.29, 0.717) is 6.54 Å². The Bertz CT molecular complexity index is 682. The highest BCUT2D eigenvalue weighted by atomic mass is 16.5. The third kappa shape index (κ3) is 4.09. The molecule has 2 N–H and O–H groups in total. The molecule has 2 rings (SSSR count). The minimum atomic E-state index is -0.549. The number of hydrogen-bond acceptors (Lipinski definition) is 5. The molecule has 0 atom stereocenters. The normalized spacial score (nSPS) is 11.7. The van der Waals surface area contributed by atoms with Gasteiger partial charge in [-0.3, -0.25) is 0 Å². The van der Waals surface area contributed by atoms with Gasteiger partial charge in [-0.25, -0.2) is 9.48 Å². The number of rotatable bonds is 4. The molecule has 2 aromatic rings. The maximum absolute atomic E-state index is 11.9. The molecule has 1 aromatic carbocycles. The quantitative estimate of drug-likeness (QED) is 0.877. The fraction of sp³-hybridized carbons (Fsp3) is 0.471. The molecule has 23 heavy (non-hydrogen) atoms. The molecular formula is C17H24N4O2. The van der Waals surface area contributed by atoms with Crippen molar-refractivity contribution in [1.29, 1.82) is 0 Å². The first-order valence-electron chi connectivity index (χ1n) is 7.68. The minimum absolute atomic E-state index is 0.0602. The Morgan fingerprint density at radius 3 is 2.39 bits per heavy atom. The molecule has 1 heterocycles. The smallest absolute Gasteiger partial charge is 0.363 e. The molecule has 6 nitrogen and oxygen atoms in total. The Morgan fingerprint density at radius 1 is 1.26 bits per heavy atom. The molecule has 0 unspecified atom stereocenters. The highest BCUT2D eigenvalue weighted by Gasteiger charge is 2.20. The molecular weight excluding hydrogens is 292 g/mol. The average Bonchev–Trinajstić information content (AvgIpc) is 2.79. The Kier molecular flexibility index (Phi) is 4.73. The number of nitrogens with zero attached hydrogens (tertiary/aromatic N) is 3. The molecule has 0 saturated carbocycles. The number of nitrogens with two attached hydrogens (primary N) is 1. The van der Waals surface area contributed by atoms with E-state index in [4.69, 9.17) is 10.5 Å². The molecule has 124 valence electrons. The molecule has 0 aliphatic carbocycles. The van der Waals surface area contributed by atoms with E-state index in [1.165, 1.54) is 10.2 Å². The maximum Gasteiger partial charge on any atom is 0.363 e. The number of aromatic nitrogens is 3. The van der Waals surface area contributed by atoms with Gasteiger partial charge in [0, 0.05) is 0 Å². The zero-order valence-corrected chi connectivity index (χ0v) is 14.3. The van der Waals surface area contributed by atoms with Crippen molar-refractivity contribution in [2.45, 2.75) is 52.7 Å². The van der Waals surface area contributed by atoms with Gasteiger partial charge in [-0.2, -0.15) is 0 Å². The third-order valence-electron chi connectivity index (χ3n) is 3.46. The standard InChI is InChI=1S/C17H24N4O2/c1-11(2)23-16(22)14-15(18)21(20-19-14)10-12-6-8-13(9-7-12)17(3,4)5/h6-9,11H,10,18H2,1-5H3. The van der Waals surface area contributed by atoms with Crippen LogP contribution in [0, 0.1) is 0 Å². The van der Waals surface area contributed by atoms with Crippen LogP contribution in [0.5, 0.6) is 0 Å². The van der Waals surface area contributed by atoms with E-state index in [0.717, 1.165) is 5.56 Å². The van der Waals surface area contributed by atoms with Gasteiger partial charge in [0.05, 0.1) is 12.6 Å². The Hall–Kier alpha value is -2.37. The maximum atomic E-state index is 11.9. The Morgan fingerprint density at radius 2 is 1.87 bits per heavy atom. The van der Waals surface area contributed by atoms with E-state index < -0.39 is 5.97 Å². The summed E-state index contributed by atoms with van der Waals surface area (Å²) in [6, 6.07) is 8.26. The molecule has 0 spiro atoms. The number of nitrogen functional groups attached to an aromatic ring is 1. The predicted molar refractivity (Wildman–Crippen MR) is 89.2 cm³/mol. The van der Waals surface area contributed by atoms with E-state index in [2.05, 4.69) is 43.2 Å². The summed E-state index contributed by atoms with van der Waals surface area (Å²) in [4.78, 5) is 11.9. The van der Waals surface area contributed by atoms with Gasteiger partial charge in [0.2, 0.25) is 5.69 Å². The summed E-state index contributed by atoms with van der Waals surface area (Å²) in [5.41, 5.74) is 8.43. The van der Waals surface area contributed by atoms with E-state index >= 15 is 0 Å². The first-order chi connectivity index (χ1) is 10.7. The molecule has 0 bridgehead atoms.